The average Bonchev–Trinajstić information content (AvgIpc) is 2.75. The van der Waals surface area contributed by atoms with E-state index in [1.165, 1.54) is 0 Å². The van der Waals surface area contributed by atoms with Crippen LogP contribution in [0.1, 0.15) is 26.5 Å². The van der Waals surface area contributed by atoms with E-state index in [2.05, 4.69) is 37.1 Å². The van der Waals surface area contributed by atoms with Crippen molar-refractivity contribution in [3.05, 3.63) is 30.1 Å². The second-order valence-corrected chi connectivity index (χ2v) is 5.31. The highest BCUT2D eigenvalue weighted by atomic mass is 35.5. The molecule has 98 valence electrons. The molecule has 0 saturated heterocycles. The molecule has 0 aliphatic carbocycles. The van der Waals surface area contributed by atoms with Crippen LogP contribution in [0.4, 0.5) is 5.82 Å². The number of hydrogen-bond acceptors (Lipinski definition) is 2. The lowest BCUT2D eigenvalue weighted by molar-refractivity contribution is 0.502. The first kappa shape index (κ1) is 13.2. The molecule has 1 atom stereocenters. The summed E-state index contributed by atoms with van der Waals surface area (Å²) in [5.74, 6) is 2.02. The summed E-state index contributed by atoms with van der Waals surface area (Å²) >= 11 is 6.09. The number of alkyl halides is 1. The third kappa shape index (κ3) is 2.19. The summed E-state index contributed by atoms with van der Waals surface area (Å²) in [4.78, 5) is 6.91. The summed E-state index contributed by atoms with van der Waals surface area (Å²) < 4.78 is 2.06. The number of halogens is 1. The van der Waals surface area contributed by atoms with Gasteiger partial charge >= 0.3 is 0 Å². The molecule has 2 aromatic rings. The lowest BCUT2D eigenvalue weighted by Gasteiger charge is -2.28. The zero-order chi connectivity index (χ0) is 13.3. The van der Waals surface area contributed by atoms with Gasteiger partial charge in [0.1, 0.15) is 5.65 Å². The molecule has 0 aromatic carbocycles. The summed E-state index contributed by atoms with van der Waals surface area (Å²) in [6, 6.07) is 6.43. The third-order valence-corrected chi connectivity index (χ3v) is 3.90. The molecule has 0 aliphatic rings. The number of rotatable bonds is 4. The van der Waals surface area contributed by atoms with Gasteiger partial charge in [0.05, 0.1) is 11.6 Å². The maximum atomic E-state index is 6.09. The molecule has 2 aromatic heterocycles. The van der Waals surface area contributed by atoms with Crippen molar-refractivity contribution in [2.24, 2.45) is 5.92 Å². The number of aromatic nitrogens is 2. The first-order chi connectivity index (χ1) is 8.56. The third-order valence-electron chi connectivity index (χ3n) is 3.64. The zero-order valence-corrected chi connectivity index (χ0v) is 12.1. The van der Waals surface area contributed by atoms with Crippen LogP contribution in [0.3, 0.4) is 0 Å². The Kier molecular flexibility index (Phi) is 3.81. The lowest BCUT2D eigenvalue weighted by atomic mass is 10.1. The van der Waals surface area contributed by atoms with Gasteiger partial charge in [-0.2, -0.15) is 0 Å². The molecule has 0 bridgehead atoms. The van der Waals surface area contributed by atoms with Crippen molar-refractivity contribution in [2.45, 2.75) is 32.7 Å². The molecule has 0 fully saturated rings. The number of nitrogens with zero attached hydrogens (tertiary/aromatic N) is 3. The molecule has 18 heavy (non-hydrogen) atoms. The maximum Gasteiger partial charge on any atom is 0.152 e. The molecule has 4 heteroatoms. The SMILES string of the molecule is CC(C)C(C)N(C)c1nc2ccccn2c1CCl. The molecule has 0 spiro atoms. The van der Waals surface area contributed by atoms with Crippen LogP contribution >= 0.6 is 11.6 Å². The van der Waals surface area contributed by atoms with Gasteiger partial charge in [0.25, 0.3) is 0 Å². The zero-order valence-electron chi connectivity index (χ0n) is 11.4. The highest BCUT2D eigenvalue weighted by molar-refractivity contribution is 6.17. The normalized spacial score (nSPS) is 13.2. The van der Waals surface area contributed by atoms with Crippen LogP contribution in [-0.4, -0.2) is 22.5 Å². The highest BCUT2D eigenvalue weighted by Gasteiger charge is 2.20. The highest BCUT2D eigenvalue weighted by Crippen LogP contribution is 2.25. The van der Waals surface area contributed by atoms with Gasteiger partial charge in [-0.1, -0.05) is 19.9 Å². The van der Waals surface area contributed by atoms with Gasteiger partial charge in [-0.3, -0.25) is 0 Å². The molecule has 2 rings (SSSR count). The average molecular weight is 266 g/mol. The van der Waals surface area contributed by atoms with E-state index < -0.39 is 0 Å². The minimum atomic E-state index is 0.428. The Labute approximate surface area is 113 Å². The van der Waals surface area contributed by atoms with Gasteiger partial charge in [0, 0.05) is 19.3 Å². The fourth-order valence-corrected chi connectivity index (χ4v) is 2.33. The van der Waals surface area contributed by atoms with Crippen molar-refractivity contribution >= 4 is 23.1 Å². The second-order valence-electron chi connectivity index (χ2n) is 5.04. The standard InChI is InChI=1S/C14H20ClN3/c1-10(2)11(3)17(4)14-12(9-15)18-8-6-5-7-13(18)16-14/h5-8,10-11H,9H2,1-4H3. The van der Waals surface area contributed by atoms with Crippen LogP contribution in [0, 0.1) is 5.92 Å². The van der Waals surface area contributed by atoms with Crippen LogP contribution in [0.25, 0.3) is 5.65 Å². The Bertz CT molecular complexity index is 533. The summed E-state index contributed by atoms with van der Waals surface area (Å²) in [7, 11) is 2.09. The molecule has 0 amide bonds. The summed E-state index contributed by atoms with van der Waals surface area (Å²) in [6.07, 6.45) is 2.01. The summed E-state index contributed by atoms with van der Waals surface area (Å²) in [5.41, 5.74) is 2.01. The van der Waals surface area contributed by atoms with Gasteiger partial charge in [-0.05, 0) is 25.0 Å². The van der Waals surface area contributed by atoms with Crippen LogP contribution in [0.15, 0.2) is 24.4 Å². The Balaban J connectivity index is 2.50. The lowest BCUT2D eigenvalue weighted by Crippen LogP contribution is -2.34. The van der Waals surface area contributed by atoms with Crippen LogP contribution in [-0.2, 0) is 5.88 Å². The van der Waals surface area contributed by atoms with Gasteiger partial charge in [-0.15, -0.1) is 11.6 Å². The summed E-state index contributed by atoms with van der Waals surface area (Å²) in [6.45, 7) is 6.65. The van der Waals surface area contributed by atoms with Gasteiger partial charge in [0.2, 0.25) is 0 Å². The van der Waals surface area contributed by atoms with Crippen molar-refractivity contribution in [1.29, 1.82) is 0 Å². The van der Waals surface area contributed by atoms with Crippen LogP contribution in [0.2, 0.25) is 0 Å². The smallest absolute Gasteiger partial charge is 0.152 e. The molecular formula is C14H20ClN3. The minimum Gasteiger partial charge on any atom is -0.355 e. The number of pyridine rings is 1. The molecule has 3 nitrogen and oxygen atoms in total. The number of fused-ring (bicyclic) bond motifs is 1. The quantitative estimate of drug-likeness (QED) is 0.788. The maximum absolute atomic E-state index is 6.09. The van der Waals surface area contributed by atoms with Crippen molar-refractivity contribution in [1.82, 2.24) is 9.38 Å². The number of anilines is 1. The van der Waals surface area contributed by atoms with E-state index in [-0.39, 0.29) is 0 Å². The largest absolute Gasteiger partial charge is 0.355 e. The Morgan fingerprint density at radius 1 is 1.33 bits per heavy atom. The van der Waals surface area contributed by atoms with Gasteiger partial charge < -0.3 is 9.30 Å². The Hall–Kier alpha value is -1.22. The Morgan fingerprint density at radius 2 is 2.06 bits per heavy atom. The number of imidazole rings is 1. The fourth-order valence-electron chi connectivity index (χ4n) is 2.08. The van der Waals surface area contributed by atoms with E-state index in [1.54, 1.807) is 0 Å². The number of hydrogen-bond donors (Lipinski definition) is 0. The molecule has 0 saturated carbocycles. The monoisotopic (exact) mass is 265 g/mol. The second kappa shape index (κ2) is 5.19. The van der Waals surface area contributed by atoms with Crippen LogP contribution < -0.4 is 4.90 Å². The molecular weight excluding hydrogens is 246 g/mol. The van der Waals surface area contributed by atoms with E-state index in [0.29, 0.717) is 17.8 Å². The van der Waals surface area contributed by atoms with E-state index >= 15 is 0 Å². The van der Waals surface area contributed by atoms with E-state index in [9.17, 15) is 0 Å². The fraction of sp³-hybridized carbons (Fsp3) is 0.500. The summed E-state index contributed by atoms with van der Waals surface area (Å²) in [5, 5.41) is 0. The molecule has 2 heterocycles. The van der Waals surface area contributed by atoms with Crippen LogP contribution in [0.5, 0.6) is 0 Å². The van der Waals surface area contributed by atoms with Crippen molar-refractivity contribution < 1.29 is 0 Å². The van der Waals surface area contributed by atoms with Crippen molar-refractivity contribution in [2.75, 3.05) is 11.9 Å². The van der Waals surface area contributed by atoms with E-state index in [1.807, 2.05) is 24.4 Å². The first-order valence-electron chi connectivity index (χ1n) is 6.31. The van der Waals surface area contributed by atoms with Gasteiger partial charge in [0.15, 0.2) is 5.82 Å². The predicted octanol–water partition coefficient (Wildman–Crippen LogP) is 3.55. The Morgan fingerprint density at radius 3 is 2.67 bits per heavy atom. The van der Waals surface area contributed by atoms with Crippen molar-refractivity contribution in [3.63, 3.8) is 0 Å². The predicted molar refractivity (Wildman–Crippen MR) is 77.5 cm³/mol. The van der Waals surface area contributed by atoms with Gasteiger partial charge in [-0.25, -0.2) is 4.98 Å². The minimum absolute atomic E-state index is 0.428. The van der Waals surface area contributed by atoms with E-state index in [4.69, 9.17) is 16.6 Å². The first-order valence-corrected chi connectivity index (χ1v) is 6.84. The molecule has 0 aliphatic heterocycles. The topological polar surface area (TPSA) is 20.5 Å². The van der Waals surface area contributed by atoms with E-state index in [0.717, 1.165) is 17.2 Å². The molecule has 1 unspecified atom stereocenters. The molecule has 0 radical (unpaired) electrons. The molecule has 0 N–H and O–H groups in total. The van der Waals surface area contributed by atoms with Crippen molar-refractivity contribution in [3.8, 4) is 0 Å².